The van der Waals surface area contributed by atoms with Crippen LogP contribution in [0.1, 0.15) is 0 Å². The number of hydrogen-bond donors (Lipinski definition) is 0. The first kappa shape index (κ1) is 40.4. The van der Waals surface area contributed by atoms with E-state index in [1.807, 2.05) is 23.5 Å². The van der Waals surface area contributed by atoms with Crippen molar-refractivity contribution in [1.82, 2.24) is 0 Å². The highest BCUT2D eigenvalue weighted by Crippen LogP contribution is 2.47. The maximum atomic E-state index is 6.34. The molecule has 0 aliphatic carbocycles. The Balaban J connectivity index is 0.942. The zero-order valence-electron chi connectivity index (χ0n) is 37.5. The fourth-order valence-electron chi connectivity index (χ4n) is 10.0. The third-order valence-electron chi connectivity index (χ3n) is 13.2. The van der Waals surface area contributed by atoms with E-state index in [2.05, 4.69) is 263 Å². The van der Waals surface area contributed by atoms with E-state index in [1.165, 1.54) is 42.1 Å². The summed E-state index contributed by atoms with van der Waals surface area (Å²) in [5, 5.41) is 7.08. The minimum atomic E-state index is 0.870. The standard InChI is InChI=1S/C64H43N3OS/c1-5-17-44(18-6-1)53-38-39-60(55-26-14-13-25-54(53)55)67(47-23-11-4-12-24-47)49-31-29-48(30-32-49)66(50-35-40-62-59(41-50)56-27-15-16-28-61(56)68-62)52-34-37-58-57-36-33-51(42-63(57)69-64(58)43-52)65(45-19-7-2-8-20-45)46-21-9-3-10-22-46/h1-43H. The molecule has 0 aliphatic heterocycles. The summed E-state index contributed by atoms with van der Waals surface area (Å²) in [5.41, 5.74) is 14.0. The van der Waals surface area contributed by atoms with E-state index in [9.17, 15) is 0 Å². The van der Waals surface area contributed by atoms with Gasteiger partial charge in [-0.05, 0) is 132 Å². The third-order valence-corrected chi connectivity index (χ3v) is 14.3. The van der Waals surface area contributed by atoms with Crippen molar-refractivity contribution in [2.45, 2.75) is 0 Å². The molecule has 11 aromatic carbocycles. The van der Waals surface area contributed by atoms with Crippen molar-refractivity contribution < 1.29 is 4.42 Å². The third kappa shape index (κ3) is 7.24. The van der Waals surface area contributed by atoms with Gasteiger partial charge < -0.3 is 19.1 Å². The Labute approximate surface area is 404 Å². The van der Waals surface area contributed by atoms with Gasteiger partial charge in [-0.3, -0.25) is 0 Å². The van der Waals surface area contributed by atoms with Crippen LogP contribution in [0.4, 0.5) is 51.2 Å². The van der Waals surface area contributed by atoms with Crippen LogP contribution in [0.25, 0.3) is 64.0 Å². The van der Waals surface area contributed by atoms with E-state index in [4.69, 9.17) is 4.42 Å². The van der Waals surface area contributed by atoms with Crippen LogP contribution in [0.3, 0.4) is 0 Å². The molecule has 0 spiro atoms. The van der Waals surface area contributed by atoms with E-state index in [-0.39, 0.29) is 0 Å². The average molecular weight is 902 g/mol. The number of nitrogens with zero attached hydrogens (tertiary/aromatic N) is 3. The van der Waals surface area contributed by atoms with Crippen molar-refractivity contribution in [2.24, 2.45) is 0 Å². The smallest absolute Gasteiger partial charge is 0.135 e. The Hall–Kier alpha value is -8.90. The number of anilines is 9. The molecule has 0 atom stereocenters. The second-order valence-corrected chi connectivity index (χ2v) is 18.4. The Morgan fingerprint density at radius 3 is 1.29 bits per heavy atom. The monoisotopic (exact) mass is 901 g/mol. The van der Waals surface area contributed by atoms with Crippen LogP contribution < -0.4 is 14.7 Å². The van der Waals surface area contributed by atoms with Gasteiger partial charge in [0, 0.05) is 81.8 Å². The zero-order chi connectivity index (χ0) is 45.7. The molecule has 0 fully saturated rings. The molecule has 13 rings (SSSR count). The molecule has 69 heavy (non-hydrogen) atoms. The largest absolute Gasteiger partial charge is 0.456 e. The normalized spacial score (nSPS) is 11.5. The average Bonchev–Trinajstić information content (AvgIpc) is 3.98. The summed E-state index contributed by atoms with van der Waals surface area (Å²) in [6, 6.07) is 93.5. The minimum absolute atomic E-state index is 0.870. The molecule has 0 amide bonds. The van der Waals surface area contributed by atoms with Gasteiger partial charge in [0.15, 0.2) is 0 Å². The van der Waals surface area contributed by atoms with Gasteiger partial charge in [-0.15, -0.1) is 11.3 Å². The summed E-state index contributed by atoms with van der Waals surface area (Å²) < 4.78 is 8.80. The molecule has 4 nitrogen and oxygen atoms in total. The van der Waals surface area contributed by atoms with Crippen LogP contribution in [0.5, 0.6) is 0 Å². The van der Waals surface area contributed by atoms with Crippen LogP contribution in [-0.2, 0) is 0 Å². The topological polar surface area (TPSA) is 22.9 Å². The lowest BCUT2D eigenvalue weighted by molar-refractivity contribution is 0.669. The number of rotatable bonds is 10. The summed E-state index contributed by atoms with van der Waals surface area (Å²) in [4.78, 5) is 7.09. The SMILES string of the molecule is c1ccc(-c2ccc(N(c3ccccc3)c3ccc(N(c4ccc5c(c4)sc4cc(N(c6ccccc6)c6ccccc6)ccc45)c4ccc5oc6ccccc6c5c4)cc3)c3ccccc23)cc1. The quantitative estimate of drug-likeness (QED) is 0.136. The first-order chi connectivity index (χ1) is 34.2. The molecule has 0 radical (unpaired) electrons. The van der Waals surface area contributed by atoms with Gasteiger partial charge in [0.05, 0.1) is 5.69 Å². The Bertz CT molecular complexity index is 3920. The fraction of sp³-hybridized carbons (Fsp3) is 0. The van der Waals surface area contributed by atoms with Gasteiger partial charge in [-0.25, -0.2) is 0 Å². The molecular formula is C64H43N3OS. The van der Waals surface area contributed by atoms with Crippen LogP contribution in [0.2, 0.25) is 0 Å². The molecule has 0 aliphatic rings. The molecule has 0 bridgehead atoms. The predicted molar refractivity (Wildman–Crippen MR) is 294 cm³/mol. The van der Waals surface area contributed by atoms with Crippen LogP contribution in [-0.4, -0.2) is 0 Å². The second kappa shape index (κ2) is 17.1. The number of benzene rings is 11. The number of furan rings is 1. The highest BCUT2D eigenvalue weighted by molar-refractivity contribution is 7.25. The van der Waals surface area contributed by atoms with Crippen molar-refractivity contribution in [1.29, 1.82) is 0 Å². The van der Waals surface area contributed by atoms with Crippen molar-refractivity contribution in [3.05, 3.63) is 261 Å². The van der Waals surface area contributed by atoms with Gasteiger partial charge in [-0.1, -0.05) is 146 Å². The number of fused-ring (bicyclic) bond motifs is 7. The summed E-state index contributed by atoms with van der Waals surface area (Å²) >= 11 is 1.84. The van der Waals surface area contributed by atoms with Gasteiger partial charge in [-0.2, -0.15) is 0 Å². The van der Waals surface area contributed by atoms with E-state index < -0.39 is 0 Å². The zero-order valence-corrected chi connectivity index (χ0v) is 38.3. The molecule has 5 heteroatoms. The number of para-hydroxylation sites is 4. The second-order valence-electron chi connectivity index (χ2n) is 17.3. The minimum Gasteiger partial charge on any atom is -0.456 e. The first-order valence-corrected chi connectivity index (χ1v) is 24.1. The van der Waals surface area contributed by atoms with Gasteiger partial charge in [0.25, 0.3) is 0 Å². The van der Waals surface area contributed by atoms with Crippen LogP contribution in [0, 0.1) is 0 Å². The highest BCUT2D eigenvalue weighted by Gasteiger charge is 2.21. The molecule has 13 aromatic rings. The lowest BCUT2D eigenvalue weighted by Gasteiger charge is -2.29. The van der Waals surface area contributed by atoms with E-state index in [0.717, 1.165) is 73.1 Å². The summed E-state index contributed by atoms with van der Waals surface area (Å²) in [5.74, 6) is 0. The molecule has 2 aromatic heterocycles. The van der Waals surface area contributed by atoms with E-state index >= 15 is 0 Å². The maximum absolute atomic E-state index is 6.34. The van der Waals surface area contributed by atoms with Crippen LogP contribution in [0.15, 0.2) is 265 Å². The van der Waals surface area contributed by atoms with Crippen molar-refractivity contribution in [3.8, 4) is 11.1 Å². The highest BCUT2D eigenvalue weighted by atomic mass is 32.1. The summed E-state index contributed by atoms with van der Waals surface area (Å²) in [6.45, 7) is 0. The Kier molecular flexibility index (Phi) is 9.99. The van der Waals surface area contributed by atoms with Crippen LogP contribution >= 0.6 is 11.3 Å². The predicted octanol–water partition coefficient (Wildman–Crippen LogP) is 19.2. The molecule has 0 saturated heterocycles. The fourth-order valence-corrected chi connectivity index (χ4v) is 11.2. The lowest BCUT2D eigenvalue weighted by Crippen LogP contribution is -2.12. The van der Waals surface area contributed by atoms with E-state index in [0.29, 0.717) is 0 Å². The molecule has 0 N–H and O–H groups in total. The molecule has 0 saturated carbocycles. The summed E-state index contributed by atoms with van der Waals surface area (Å²) in [7, 11) is 0. The summed E-state index contributed by atoms with van der Waals surface area (Å²) in [6.07, 6.45) is 0. The lowest BCUT2D eigenvalue weighted by atomic mass is 9.96. The van der Waals surface area contributed by atoms with Crippen molar-refractivity contribution >= 4 is 115 Å². The van der Waals surface area contributed by atoms with E-state index in [1.54, 1.807) is 0 Å². The molecule has 0 unspecified atom stereocenters. The molecular weight excluding hydrogens is 859 g/mol. The molecule has 326 valence electrons. The Morgan fingerprint density at radius 1 is 0.261 bits per heavy atom. The van der Waals surface area contributed by atoms with Gasteiger partial charge in [0.2, 0.25) is 0 Å². The van der Waals surface area contributed by atoms with Gasteiger partial charge in [0.1, 0.15) is 11.2 Å². The number of thiophene rings is 1. The maximum Gasteiger partial charge on any atom is 0.135 e. The van der Waals surface area contributed by atoms with Gasteiger partial charge >= 0.3 is 0 Å². The number of hydrogen-bond acceptors (Lipinski definition) is 5. The molecule has 2 heterocycles. The van der Waals surface area contributed by atoms with Crippen molar-refractivity contribution in [2.75, 3.05) is 14.7 Å². The Morgan fingerprint density at radius 2 is 0.681 bits per heavy atom. The van der Waals surface area contributed by atoms with Crippen molar-refractivity contribution in [3.63, 3.8) is 0 Å². The first-order valence-electron chi connectivity index (χ1n) is 23.3.